The van der Waals surface area contributed by atoms with Gasteiger partial charge in [0.25, 0.3) is 0 Å². The van der Waals surface area contributed by atoms with E-state index in [0.717, 1.165) is 57.1 Å². The molecule has 33 heavy (non-hydrogen) atoms. The number of nitrogens with two attached hydrogens (primary N) is 1. The number of carbonyl (C=O) groups excluding carboxylic acids is 1. The first-order valence-corrected chi connectivity index (χ1v) is 12.0. The van der Waals surface area contributed by atoms with Gasteiger partial charge in [-0.05, 0) is 50.6 Å². The van der Waals surface area contributed by atoms with Crippen molar-refractivity contribution in [2.75, 3.05) is 50.5 Å². The first-order chi connectivity index (χ1) is 15.9. The lowest BCUT2D eigenvalue weighted by Crippen LogP contribution is -2.57. The van der Waals surface area contributed by atoms with Crippen LogP contribution >= 0.6 is 23.2 Å². The minimum atomic E-state index is -0.644. The first kappa shape index (κ1) is 24.0. The van der Waals surface area contributed by atoms with Crippen molar-refractivity contribution in [3.05, 3.63) is 45.7 Å². The van der Waals surface area contributed by atoms with E-state index in [1.807, 2.05) is 12.1 Å². The van der Waals surface area contributed by atoms with Crippen LogP contribution in [0.25, 0.3) is 0 Å². The van der Waals surface area contributed by atoms with Gasteiger partial charge in [-0.25, -0.2) is 14.8 Å². The summed E-state index contributed by atoms with van der Waals surface area (Å²) in [6.07, 6.45) is 2.30. The zero-order valence-electron chi connectivity index (χ0n) is 19.0. The molecule has 2 N–H and O–H groups in total. The number of anilines is 2. The van der Waals surface area contributed by atoms with Crippen LogP contribution in [-0.2, 0) is 11.3 Å². The molecule has 1 aromatic heterocycles. The fourth-order valence-corrected chi connectivity index (χ4v) is 5.20. The van der Waals surface area contributed by atoms with Crippen molar-refractivity contribution in [3.8, 4) is 0 Å². The van der Waals surface area contributed by atoms with Crippen molar-refractivity contribution in [2.24, 2.45) is 0 Å². The molecule has 0 saturated carbocycles. The molecule has 2 saturated heterocycles. The number of hydrogen-bond acceptors (Lipinski definition) is 8. The van der Waals surface area contributed by atoms with Crippen molar-refractivity contribution in [3.63, 3.8) is 0 Å². The summed E-state index contributed by atoms with van der Waals surface area (Å²) >= 11 is 12.4. The number of halogens is 2. The van der Waals surface area contributed by atoms with Gasteiger partial charge in [0.05, 0.1) is 7.11 Å². The Morgan fingerprint density at radius 2 is 1.82 bits per heavy atom. The highest BCUT2D eigenvalue weighted by molar-refractivity contribution is 6.32. The Morgan fingerprint density at radius 3 is 2.45 bits per heavy atom. The van der Waals surface area contributed by atoms with Gasteiger partial charge in [-0.15, -0.1) is 0 Å². The predicted molar refractivity (Wildman–Crippen MR) is 131 cm³/mol. The first-order valence-electron chi connectivity index (χ1n) is 11.2. The second-order valence-corrected chi connectivity index (χ2v) is 9.52. The van der Waals surface area contributed by atoms with Crippen molar-refractivity contribution in [1.29, 1.82) is 0 Å². The molecule has 0 spiro atoms. The zero-order chi connectivity index (χ0) is 23.5. The number of hydrogen-bond donors (Lipinski definition) is 1. The van der Waals surface area contributed by atoms with Crippen LogP contribution < -0.4 is 10.6 Å². The quantitative estimate of drug-likeness (QED) is 0.635. The largest absolute Gasteiger partial charge is 0.464 e. The number of piperidine rings is 1. The molecular weight excluding hydrogens is 463 g/mol. The number of esters is 1. The molecule has 0 bridgehead atoms. The summed E-state index contributed by atoms with van der Waals surface area (Å²) in [4.78, 5) is 27.5. The molecule has 2 aliphatic heterocycles. The number of ether oxygens (including phenoxy) is 1. The summed E-state index contributed by atoms with van der Waals surface area (Å²) in [5.74, 6) is -0.0930. The molecule has 0 aliphatic carbocycles. The Balaban J connectivity index is 1.33. The summed E-state index contributed by atoms with van der Waals surface area (Å²) in [5.41, 5.74) is 7.20. The predicted octanol–water partition coefficient (Wildman–Crippen LogP) is 3.33. The molecule has 4 rings (SSSR count). The smallest absolute Gasteiger partial charge is 0.360 e. The fraction of sp³-hybridized carbons (Fsp3) is 0.522. The summed E-state index contributed by atoms with van der Waals surface area (Å²) in [6, 6.07) is 9.03. The number of methoxy groups -OCH3 is 1. The van der Waals surface area contributed by atoms with E-state index in [1.54, 1.807) is 0 Å². The average molecular weight is 493 g/mol. The van der Waals surface area contributed by atoms with Gasteiger partial charge in [-0.3, -0.25) is 9.80 Å². The van der Waals surface area contributed by atoms with Gasteiger partial charge in [0.15, 0.2) is 22.5 Å². The summed E-state index contributed by atoms with van der Waals surface area (Å²) in [5, 5.41) is 0.945. The lowest BCUT2D eigenvalue weighted by atomic mass is 9.99. The van der Waals surface area contributed by atoms with Crippen LogP contribution in [0.4, 0.5) is 11.6 Å². The van der Waals surface area contributed by atoms with Crippen molar-refractivity contribution >= 4 is 40.8 Å². The molecule has 3 heterocycles. The lowest BCUT2D eigenvalue weighted by Gasteiger charge is -2.46. The highest BCUT2D eigenvalue weighted by atomic mass is 35.5. The van der Waals surface area contributed by atoms with Crippen LogP contribution in [-0.4, -0.2) is 77.7 Å². The number of nitrogens with zero attached hydrogens (tertiary/aromatic N) is 5. The van der Waals surface area contributed by atoms with Crippen molar-refractivity contribution < 1.29 is 9.53 Å². The number of carbonyl (C=O) groups is 1. The Hall–Kier alpha value is -2.13. The number of rotatable bonds is 5. The van der Waals surface area contributed by atoms with Gasteiger partial charge in [0.2, 0.25) is 0 Å². The monoisotopic (exact) mass is 492 g/mol. The van der Waals surface area contributed by atoms with Crippen LogP contribution in [0.2, 0.25) is 10.2 Å². The molecule has 178 valence electrons. The maximum atomic E-state index is 11.8. The normalized spacial score (nSPS) is 20.7. The Kier molecular flexibility index (Phi) is 7.58. The average Bonchev–Trinajstić information content (AvgIpc) is 2.82. The summed E-state index contributed by atoms with van der Waals surface area (Å²) < 4.78 is 4.69. The van der Waals surface area contributed by atoms with Gasteiger partial charge in [0, 0.05) is 43.3 Å². The van der Waals surface area contributed by atoms with Crippen LogP contribution in [0, 0.1) is 0 Å². The van der Waals surface area contributed by atoms with Crippen molar-refractivity contribution in [2.45, 2.75) is 38.4 Å². The van der Waals surface area contributed by atoms with Gasteiger partial charge < -0.3 is 15.4 Å². The Labute approximate surface area is 204 Å². The number of aromatic nitrogens is 2. The second-order valence-electron chi connectivity index (χ2n) is 8.73. The molecule has 0 unspecified atom stereocenters. The van der Waals surface area contributed by atoms with E-state index in [2.05, 4.69) is 43.7 Å². The van der Waals surface area contributed by atoms with E-state index in [9.17, 15) is 4.79 Å². The maximum absolute atomic E-state index is 11.8. The molecular formula is C23H30Cl2N6O2. The molecule has 2 fully saturated rings. The van der Waals surface area contributed by atoms with E-state index in [-0.39, 0.29) is 16.7 Å². The van der Waals surface area contributed by atoms with E-state index in [4.69, 9.17) is 33.7 Å². The van der Waals surface area contributed by atoms with E-state index in [0.29, 0.717) is 17.9 Å². The maximum Gasteiger partial charge on any atom is 0.360 e. The molecule has 8 nitrogen and oxygen atoms in total. The summed E-state index contributed by atoms with van der Waals surface area (Å²) in [7, 11) is 1.27. The van der Waals surface area contributed by atoms with Gasteiger partial charge in [-0.1, -0.05) is 35.3 Å². The van der Waals surface area contributed by atoms with Gasteiger partial charge in [0.1, 0.15) is 0 Å². The highest BCUT2D eigenvalue weighted by Gasteiger charge is 2.33. The Morgan fingerprint density at radius 1 is 1.12 bits per heavy atom. The van der Waals surface area contributed by atoms with Crippen LogP contribution in [0.1, 0.15) is 35.8 Å². The molecule has 0 amide bonds. The highest BCUT2D eigenvalue weighted by Crippen LogP contribution is 2.29. The van der Waals surface area contributed by atoms with Crippen LogP contribution in [0.15, 0.2) is 24.3 Å². The third-order valence-electron chi connectivity index (χ3n) is 6.57. The number of piperazine rings is 1. The Bertz CT molecular complexity index is 982. The van der Waals surface area contributed by atoms with Crippen molar-refractivity contribution in [1.82, 2.24) is 19.8 Å². The third-order valence-corrected chi connectivity index (χ3v) is 7.07. The minimum absolute atomic E-state index is 0.0318. The molecule has 1 atom stereocenters. The number of benzene rings is 1. The van der Waals surface area contributed by atoms with Gasteiger partial charge in [-0.2, -0.15) is 0 Å². The molecule has 1 aromatic carbocycles. The minimum Gasteiger partial charge on any atom is -0.464 e. The van der Waals surface area contributed by atoms with Crippen LogP contribution in [0.3, 0.4) is 0 Å². The molecule has 10 heteroatoms. The summed E-state index contributed by atoms with van der Waals surface area (Å²) in [6.45, 7) is 7.84. The van der Waals surface area contributed by atoms with Gasteiger partial charge >= 0.3 is 5.97 Å². The fourth-order valence-electron chi connectivity index (χ4n) is 4.83. The lowest BCUT2D eigenvalue weighted by molar-refractivity contribution is 0.0594. The molecule has 0 radical (unpaired) electrons. The zero-order valence-corrected chi connectivity index (χ0v) is 20.5. The topological polar surface area (TPSA) is 87.8 Å². The SMILES string of the molecule is COC(=O)c1nc(Cl)c(N2CCN(C3CCN(Cc4ccc(Cl)cc4)CC3)[C@@H](C)C2)nc1N. The standard InChI is InChI=1S/C23H30Cl2N6O2/c1-15-13-30(22-20(25)27-19(21(26)28-22)23(32)33-2)11-12-31(15)18-7-9-29(10-8-18)14-16-3-5-17(24)6-4-16/h3-6,15,18H,7-14H2,1-2H3,(H2,26,28)/t15-/m0/s1. The third kappa shape index (κ3) is 5.51. The molecule has 2 aromatic rings. The number of nitrogen functional groups attached to an aromatic ring is 1. The van der Waals surface area contributed by atoms with E-state index >= 15 is 0 Å². The van der Waals surface area contributed by atoms with E-state index < -0.39 is 5.97 Å². The molecule has 2 aliphatic rings. The van der Waals surface area contributed by atoms with Crippen LogP contribution in [0.5, 0.6) is 0 Å². The number of likely N-dealkylation sites (tertiary alicyclic amines) is 1. The van der Waals surface area contributed by atoms with E-state index in [1.165, 1.54) is 12.7 Å². The second kappa shape index (κ2) is 10.4.